The van der Waals surface area contributed by atoms with E-state index in [2.05, 4.69) is 31.3 Å². The Balaban J connectivity index is 1.34. The molecule has 1 N–H and O–H groups in total. The van der Waals surface area contributed by atoms with Gasteiger partial charge in [-0.3, -0.25) is 14.9 Å². The van der Waals surface area contributed by atoms with E-state index in [-0.39, 0.29) is 5.57 Å². The smallest absolute Gasteiger partial charge is 0.335 e. The number of anilines is 1. The number of nitrogens with zero attached hydrogens (tertiary/aromatic N) is 1. The summed E-state index contributed by atoms with van der Waals surface area (Å²) < 4.78 is 11.5. The van der Waals surface area contributed by atoms with E-state index in [9.17, 15) is 14.4 Å². The molecular weight excluding hydrogens is 468 g/mol. The normalized spacial score (nSPS) is 15.5. The van der Waals surface area contributed by atoms with Crippen molar-refractivity contribution in [3.05, 3.63) is 95.1 Å². The number of barbiturate groups is 1. The number of imide groups is 2. The summed E-state index contributed by atoms with van der Waals surface area (Å²) in [5.74, 6) is 0.552. The van der Waals surface area contributed by atoms with E-state index in [0.717, 1.165) is 22.6 Å². The molecule has 4 rings (SSSR count). The van der Waals surface area contributed by atoms with E-state index in [1.54, 1.807) is 48.5 Å². The number of ether oxygens (including phenoxy) is 2. The van der Waals surface area contributed by atoms with Gasteiger partial charge in [0.05, 0.1) is 5.69 Å². The third kappa shape index (κ3) is 6.25. The Hall–Kier alpha value is -4.39. The number of carbonyl (C=O) groups excluding carboxylic acids is 3. The first-order valence-electron chi connectivity index (χ1n) is 12.3. The van der Waals surface area contributed by atoms with E-state index in [1.807, 2.05) is 19.1 Å². The van der Waals surface area contributed by atoms with E-state index in [1.165, 1.54) is 11.6 Å². The van der Waals surface area contributed by atoms with Gasteiger partial charge in [-0.1, -0.05) is 55.8 Å². The monoisotopic (exact) mass is 498 g/mol. The molecule has 0 saturated carbocycles. The third-order valence-electron chi connectivity index (χ3n) is 6.27. The molecule has 4 amide bonds. The predicted molar refractivity (Wildman–Crippen MR) is 143 cm³/mol. The van der Waals surface area contributed by atoms with Crippen LogP contribution in [-0.2, 0) is 9.59 Å². The first-order chi connectivity index (χ1) is 17.9. The summed E-state index contributed by atoms with van der Waals surface area (Å²) in [6.45, 7) is 7.04. The molecule has 7 heteroatoms. The highest BCUT2D eigenvalue weighted by molar-refractivity contribution is 6.39. The van der Waals surface area contributed by atoms with Gasteiger partial charge in [-0.25, -0.2) is 9.69 Å². The lowest BCUT2D eigenvalue weighted by molar-refractivity contribution is -0.122. The van der Waals surface area contributed by atoms with Crippen molar-refractivity contribution in [1.29, 1.82) is 0 Å². The topological polar surface area (TPSA) is 84.9 Å². The lowest BCUT2D eigenvalue weighted by Crippen LogP contribution is -2.54. The number of amides is 4. The van der Waals surface area contributed by atoms with Crippen molar-refractivity contribution in [1.82, 2.24) is 5.32 Å². The summed E-state index contributed by atoms with van der Waals surface area (Å²) in [7, 11) is 0. The zero-order valence-electron chi connectivity index (χ0n) is 21.2. The van der Waals surface area contributed by atoms with Crippen molar-refractivity contribution >= 4 is 29.6 Å². The van der Waals surface area contributed by atoms with Gasteiger partial charge in [-0.15, -0.1) is 0 Å². The largest absolute Gasteiger partial charge is 0.490 e. The number of benzene rings is 3. The van der Waals surface area contributed by atoms with Crippen molar-refractivity contribution in [3.63, 3.8) is 0 Å². The van der Waals surface area contributed by atoms with Crippen LogP contribution in [0.15, 0.2) is 78.4 Å². The number of rotatable bonds is 9. The van der Waals surface area contributed by atoms with Crippen molar-refractivity contribution in [2.24, 2.45) is 0 Å². The first kappa shape index (κ1) is 25.7. The second-order valence-corrected chi connectivity index (χ2v) is 8.94. The summed E-state index contributed by atoms with van der Waals surface area (Å²) in [6.07, 6.45) is 2.56. The number of urea groups is 1. The summed E-state index contributed by atoms with van der Waals surface area (Å²) >= 11 is 0. The Labute approximate surface area is 216 Å². The quantitative estimate of drug-likeness (QED) is 0.235. The summed E-state index contributed by atoms with van der Waals surface area (Å²) in [6, 6.07) is 21.3. The molecular formula is C30H30N2O5. The molecule has 1 unspecified atom stereocenters. The molecule has 0 bridgehead atoms. The predicted octanol–water partition coefficient (Wildman–Crippen LogP) is 5.63. The van der Waals surface area contributed by atoms with Crippen LogP contribution >= 0.6 is 0 Å². The molecule has 0 spiro atoms. The lowest BCUT2D eigenvalue weighted by Gasteiger charge is -2.26. The molecule has 1 saturated heterocycles. The summed E-state index contributed by atoms with van der Waals surface area (Å²) in [4.78, 5) is 38.7. The lowest BCUT2D eigenvalue weighted by atomic mass is 9.99. The molecule has 7 nitrogen and oxygen atoms in total. The fraction of sp³-hybridized carbons (Fsp3) is 0.233. The van der Waals surface area contributed by atoms with Gasteiger partial charge in [0.25, 0.3) is 11.8 Å². The second-order valence-electron chi connectivity index (χ2n) is 8.94. The van der Waals surface area contributed by atoms with Crippen molar-refractivity contribution in [2.75, 3.05) is 18.1 Å². The maximum atomic E-state index is 13.0. The van der Waals surface area contributed by atoms with E-state index < -0.39 is 17.8 Å². The van der Waals surface area contributed by atoms with Crippen LogP contribution in [0.3, 0.4) is 0 Å². The van der Waals surface area contributed by atoms with Crippen LogP contribution in [0.1, 0.15) is 42.9 Å². The van der Waals surface area contributed by atoms with E-state index in [4.69, 9.17) is 9.47 Å². The molecule has 1 aliphatic rings. The van der Waals surface area contributed by atoms with Crippen LogP contribution < -0.4 is 19.7 Å². The van der Waals surface area contributed by atoms with E-state index in [0.29, 0.717) is 36.1 Å². The first-order valence-corrected chi connectivity index (χ1v) is 12.3. The van der Waals surface area contributed by atoms with Crippen molar-refractivity contribution in [2.45, 2.75) is 33.1 Å². The van der Waals surface area contributed by atoms with Gasteiger partial charge < -0.3 is 9.47 Å². The fourth-order valence-corrected chi connectivity index (χ4v) is 3.86. The van der Waals surface area contributed by atoms with Gasteiger partial charge in [0.15, 0.2) is 0 Å². The highest BCUT2D eigenvalue weighted by atomic mass is 16.5. The van der Waals surface area contributed by atoms with Crippen LogP contribution in [0.4, 0.5) is 10.5 Å². The number of carbonyl (C=O) groups is 3. The highest BCUT2D eigenvalue weighted by Crippen LogP contribution is 2.24. The maximum absolute atomic E-state index is 13.0. The zero-order chi connectivity index (χ0) is 26.4. The molecule has 190 valence electrons. The average Bonchev–Trinajstić information content (AvgIpc) is 2.90. The number of aryl methyl sites for hydroxylation is 1. The van der Waals surface area contributed by atoms with Gasteiger partial charge >= 0.3 is 6.03 Å². The Kier molecular flexibility index (Phi) is 8.03. The molecule has 1 fully saturated rings. The van der Waals surface area contributed by atoms with Crippen LogP contribution in [0.5, 0.6) is 11.5 Å². The van der Waals surface area contributed by atoms with Crippen molar-refractivity contribution < 1.29 is 23.9 Å². The Bertz CT molecular complexity index is 1300. The molecule has 3 aromatic carbocycles. The van der Waals surface area contributed by atoms with Crippen molar-refractivity contribution in [3.8, 4) is 11.5 Å². The molecule has 1 heterocycles. The molecule has 1 atom stereocenters. The Morgan fingerprint density at radius 3 is 1.97 bits per heavy atom. The highest BCUT2D eigenvalue weighted by Gasteiger charge is 2.36. The molecule has 0 aromatic heterocycles. The number of nitrogens with one attached hydrogen (secondary N) is 1. The van der Waals surface area contributed by atoms with Gasteiger partial charge in [0.2, 0.25) is 0 Å². The van der Waals surface area contributed by atoms with Crippen LogP contribution in [-0.4, -0.2) is 31.1 Å². The molecule has 0 aliphatic carbocycles. The standard InChI is InChI=1S/C30H30N2O5/c1-4-21(3)23-9-15-26(16-10-23)37-18-17-36-25-13-7-22(8-14-25)19-27-28(33)31-30(35)32(29(27)34)24-11-5-20(2)6-12-24/h5-16,19,21H,4,17-18H2,1-3H3,(H,31,33,35)/b27-19+. The number of hydrogen-bond acceptors (Lipinski definition) is 5. The number of hydrogen-bond donors (Lipinski definition) is 1. The molecule has 3 aromatic rings. The minimum absolute atomic E-state index is 0.124. The molecule has 0 radical (unpaired) electrons. The van der Waals surface area contributed by atoms with Gasteiger partial charge in [-0.2, -0.15) is 0 Å². The third-order valence-corrected chi connectivity index (χ3v) is 6.27. The Morgan fingerprint density at radius 2 is 1.41 bits per heavy atom. The molecule has 37 heavy (non-hydrogen) atoms. The summed E-state index contributed by atoms with van der Waals surface area (Å²) in [5, 5.41) is 2.23. The van der Waals surface area contributed by atoms with Crippen LogP contribution in [0.25, 0.3) is 6.08 Å². The average molecular weight is 499 g/mol. The van der Waals surface area contributed by atoms with Crippen LogP contribution in [0, 0.1) is 6.92 Å². The maximum Gasteiger partial charge on any atom is 0.335 e. The summed E-state index contributed by atoms with van der Waals surface area (Å²) in [5.41, 5.74) is 3.18. The minimum atomic E-state index is -0.770. The Morgan fingerprint density at radius 1 is 0.838 bits per heavy atom. The fourth-order valence-electron chi connectivity index (χ4n) is 3.86. The zero-order valence-corrected chi connectivity index (χ0v) is 21.2. The van der Waals surface area contributed by atoms with E-state index >= 15 is 0 Å². The minimum Gasteiger partial charge on any atom is -0.490 e. The van der Waals surface area contributed by atoms with Gasteiger partial charge in [0, 0.05) is 0 Å². The SMILES string of the molecule is CCC(C)c1ccc(OCCOc2ccc(/C=C3\C(=O)NC(=O)N(c4ccc(C)cc4)C3=O)cc2)cc1. The van der Waals surface area contributed by atoms with Crippen LogP contribution in [0.2, 0.25) is 0 Å². The molecule has 1 aliphatic heterocycles. The van der Waals surface area contributed by atoms with Gasteiger partial charge in [-0.05, 0) is 72.9 Å². The van der Waals surface area contributed by atoms with Gasteiger partial charge in [0.1, 0.15) is 30.3 Å². The second kappa shape index (κ2) is 11.6.